The van der Waals surface area contributed by atoms with Crippen molar-refractivity contribution in [1.29, 1.82) is 0 Å². The highest BCUT2D eigenvalue weighted by atomic mass is 16.5. The minimum atomic E-state index is 0.00410. The maximum Gasteiger partial charge on any atom is 0.250 e. The topological polar surface area (TPSA) is 87.2 Å². The summed E-state index contributed by atoms with van der Waals surface area (Å²) < 4.78 is 7.16. The third-order valence-corrected chi connectivity index (χ3v) is 5.45. The van der Waals surface area contributed by atoms with Crippen LogP contribution in [0.1, 0.15) is 11.4 Å². The Bertz CT molecular complexity index is 1140. The van der Waals surface area contributed by atoms with Gasteiger partial charge in [0.15, 0.2) is 0 Å². The Hall–Kier alpha value is -3.36. The van der Waals surface area contributed by atoms with Gasteiger partial charge in [-0.1, -0.05) is 12.1 Å². The summed E-state index contributed by atoms with van der Waals surface area (Å²) >= 11 is 0. The number of hydrogen-bond donors (Lipinski definition) is 3. The van der Waals surface area contributed by atoms with Gasteiger partial charge in [-0.05, 0) is 24.3 Å². The Morgan fingerprint density at radius 3 is 2.80 bits per heavy atom. The molecule has 0 spiro atoms. The highest BCUT2D eigenvalue weighted by molar-refractivity contribution is 5.86. The van der Waals surface area contributed by atoms with E-state index in [1.165, 1.54) is 0 Å². The van der Waals surface area contributed by atoms with Crippen molar-refractivity contribution < 1.29 is 4.74 Å². The lowest BCUT2D eigenvalue weighted by Crippen LogP contribution is -2.39. The van der Waals surface area contributed by atoms with Crippen LogP contribution in [0.4, 0.5) is 0 Å². The van der Waals surface area contributed by atoms with E-state index in [1.54, 1.807) is 10.6 Å². The van der Waals surface area contributed by atoms with E-state index >= 15 is 0 Å². The van der Waals surface area contributed by atoms with E-state index in [9.17, 15) is 4.79 Å². The number of imidazole rings is 1. The normalized spacial score (nSPS) is 17.2. The van der Waals surface area contributed by atoms with Crippen molar-refractivity contribution in [2.75, 3.05) is 32.8 Å². The lowest BCUT2D eigenvalue weighted by Gasteiger charge is -2.26. The van der Waals surface area contributed by atoms with Gasteiger partial charge in [0.05, 0.1) is 29.9 Å². The van der Waals surface area contributed by atoms with E-state index in [0.717, 1.165) is 66.5 Å². The second-order valence-electron chi connectivity index (χ2n) is 7.43. The van der Waals surface area contributed by atoms with Crippen LogP contribution in [0.2, 0.25) is 0 Å². The molecule has 0 unspecified atom stereocenters. The van der Waals surface area contributed by atoms with Crippen LogP contribution in [0.25, 0.3) is 22.3 Å². The third-order valence-electron chi connectivity index (χ3n) is 5.45. The Morgan fingerprint density at radius 1 is 1.07 bits per heavy atom. The quantitative estimate of drug-likeness (QED) is 0.598. The van der Waals surface area contributed by atoms with Crippen LogP contribution in [0.3, 0.4) is 0 Å². The number of aromatic nitrogens is 3. The maximum atomic E-state index is 12.4. The molecule has 8 heteroatoms. The SMILES string of the molecule is O=c1ccc(C2=CC(c3nc4ccccc4[nH]3)=CNN2)cn1CCN1CCOCC1. The molecule has 154 valence electrons. The van der Waals surface area contributed by atoms with Crippen molar-refractivity contribution in [3.05, 3.63) is 76.6 Å². The van der Waals surface area contributed by atoms with Crippen LogP contribution >= 0.6 is 0 Å². The predicted molar refractivity (Wildman–Crippen MR) is 116 cm³/mol. The molecule has 0 aliphatic carbocycles. The van der Waals surface area contributed by atoms with Crippen LogP contribution < -0.4 is 16.4 Å². The molecule has 2 aliphatic heterocycles. The molecule has 4 heterocycles. The minimum absolute atomic E-state index is 0.00410. The number of allylic oxidation sites excluding steroid dienone is 2. The number of aromatic amines is 1. The van der Waals surface area contributed by atoms with E-state index in [0.29, 0.717) is 6.54 Å². The summed E-state index contributed by atoms with van der Waals surface area (Å²) in [5.41, 5.74) is 11.0. The average Bonchev–Trinajstić information content (AvgIpc) is 3.24. The molecule has 8 nitrogen and oxygen atoms in total. The van der Waals surface area contributed by atoms with E-state index in [1.807, 2.05) is 48.8 Å². The standard InChI is InChI=1S/C22H24N6O2/c29-21-6-5-16(15-28(21)8-7-27-9-11-30-12-10-27)20-13-17(14-23-26-20)22-24-18-3-1-2-4-19(18)25-22/h1-6,13-15,23,26H,7-12H2,(H,24,25). The van der Waals surface area contributed by atoms with Gasteiger partial charge >= 0.3 is 0 Å². The molecule has 1 saturated heterocycles. The van der Waals surface area contributed by atoms with Crippen molar-refractivity contribution in [3.8, 4) is 0 Å². The number of benzene rings is 1. The van der Waals surface area contributed by atoms with Gasteiger partial charge in [-0.15, -0.1) is 0 Å². The summed E-state index contributed by atoms with van der Waals surface area (Å²) in [6.07, 6.45) is 5.81. The van der Waals surface area contributed by atoms with Crippen molar-refractivity contribution in [2.45, 2.75) is 6.54 Å². The molecule has 1 fully saturated rings. The van der Waals surface area contributed by atoms with E-state index in [-0.39, 0.29) is 5.56 Å². The van der Waals surface area contributed by atoms with Crippen molar-refractivity contribution in [2.24, 2.45) is 0 Å². The smallest absolute Gasteiger partial charge is 0.250 e. The second-order valence-corrected chi connectivity index (χ2v) is 7.43. The molecular weight excluding hydrogens is 380 g/mol. The molecule has 0 bridgehead atoms. The summed E-state index contributed by atoms with van der Waals surface area (Å²) in [4.78, 5) is 22.7. The molecule has 0 atom stereocenters. The zero-order valence-electron chi connectivity index (χ0n) is 16.6. The van der Waals surface area contributed by atoms with Crippen LogP contribution in [0.15, 0.2) is 59.7 Å². The number of nitrogens with zero attached hydrogens (tertiary/aromatic N) is 3. The minimum Gasteiger partial charge on any atom is -0.379 e. The van der Waals surface area contributed by atoms with Crippen LogP contribution in [0, 0.1) is 0 Å². The molecule has 0 amide bonds. The van der Waals surface area contributed by atoms with Gasteiger partial charge in [-0.2, -0.15) is 0 Å². The lowest BCUT2D eigenvalue weighted by molar-refractivity contribution is 0.0363. The number of hydrazine groups is 1. The van der Waals surface area contributed by atoms with Gasteiger partial charge in [-0.25, -0.2) is 4.98 Å². The Morgan fingerprint density at radius 2 is 1.93 bits per heavy atom. The number of ether oxygens (including phenoxy) is 1. The van der Waals surface area contributed by atoms with Crippen LogP contribution in [-0.2, 0) is 11.3 Å². The molecule has 3 aromatic rings. The highest BCUT2D eigenvalue weighted by Gasteiger charge is 2.14. The fourth-order valence-electron chi connectivity index (χ4n) is 3.75. The van der Waals surface area contributed by atoms with Gasteiger partial charge in [0, 0.05) is 55.8 Å². The lowest BCUT2D eigenvalue weighted by atomic mass is 10.1. The number of para-hydroxylation sites is 2. The Kier molecular flexibility index (Phi) is 5.08. The summed E-state index contributed by atoms with van der Waals surface area (Å²) in [6, 6.07) is 11.4. The van der Waals surface area contributed by atoms with Crippen LogP contribution in [0.5, 0.6) is 0 Å². The first-order chi connectivity index (χ1) is 14.8. The van der Waals surface area contributed by atoms with E-state index in [2.05, 4.69) is 25.7 Å². The van der Waals surface area contributed by atoms with Gasteiger partial charge in [0.25, 0.3) is 5.56 Å². The van der Waals surface area contributed by atoms with Gasteiger partial charge in [-0.3, -0.25) is 9.69 Å². The first-order valence-corrected chi connectivity index (χ1v) is 10.2. The number of rotatable bonds is 5. The van der Waals surface area contributed by atoms with Crippen molar-refractivity contribution in [3.63, 3.8) is 0 Å². The van der Waals surface area contributed by atoms with Crippen LogP contribution in [-0.4, -0.2) is 52.3 Å². The Labute approximate surface area is 173 Å². The zero-order chi connectivity index (χ0) is 20.3. The summed E-state index contributed by atoms with van der Waals surface area (Å²) in [5.74, 6) is 0.795. The zero-order valence-corrected chi connectivity index (χ0v) is 16.6. The van der Waals surface area contributed by atoms with E-state index in [4.69, 9.17) is 4.74 Å². The molecule has 3 N–H and O–H groups in total. The van der Waals surface area contributed by atoms with Gasteiger partial charge < -0.3 is 25.1 Å². The molecule has 2 aromatic heterocycles. The Balaban J connectivity index is 1.37. The number of fused-ring (bicyclic) bond motifs is 1. The first-order valence-electron chi connectivity index (χ1n) is 10.2. The summed E-state index contributed by atoms with van der Waals surface area (Å²) in [5, 5.41) is 0. The molecule has 2 aliphatic rings. The molecule has 5 rings (SSSR count). The fraction of sp³-hybridized carbons (Fsp3) is 0.273. The number of hydrogen-bond acceptors (Lipinski definition) is 6. The molecule has 0 radical (unpaired) electrons. The average molecular weight is 404 g/mol. The number of morpholine rings is 1. The van der Waals surface area contributed by atoms with Crippen molar-refractivity contribution in [1.82, 2.24) is 30.3 Å². The molecule has 1 aromatic carbocycles. The number of pyridine rings is 1. The predicted octanol–water partition coefficient (Wildman–Crippen LogP) is 1.55. The summed E-state index contributed by atoms with van der Waals surface area (Å²) in [7, 11) is 0. The van der Waals surface area contributed by atoms with E-state index < -0.39 is 0 Å². The first kappa shape index (κ1) is 18.7. The third kappa shape index (κ3) is 3.87. The molecular formula is C22H24N6O2. The fourth-order valence-corrected chi connectivity index (χ4v) is 3.75. The highest BCUT2D eigenvalue weighted by Crippen LogP contribution is 2.22. The maximum absolute atomic E-state index is 12.4. The molecule has 30 heavy (non-hydrogen) atoms. The van der Waals surface area contributed by atoms with Gasteiger partial charge in [0.2, 0.25) is 0 Å². The second kappa shape index (κ2) is 8.17. The monoisotopic (exact) mass is 404 g/mol. The molecule has 0 saturated carbocycles. The largest absolute Gasteiger partial charge is 0.379 e. The number of nitrogens with one attached hydrogen (secondary N) is 3. The summed E-state index contributed by atoms with van der Waals surface area (Å²) in [6.45, 7) is 4.83. The number of H-pyrrole nitrogens is 1. The van der Waals surface area contributed by atoms with Crippen molar-refractivity contribution >= 4 is 22.3 Å². The van der Waals surface area contributed by atoms with Gasteiger partial charge in [0.1, 0.15) is 5.82 Å².